The third-order valence-corrected chi connectivity index (χ3v) is 0. The normalized spacial score (nSPS) is 1.75. The van der Waals surface area contributed by atoms with Crippen LogP contribution in [0.5, 0.6) is 0 Å². The number of rotatable bonds is 0. The molecule has 0 amide bonds. The van der Waals surface area contributed by atoms with Gasteiger partial charge in [-0.3, -0.25) is 0 Å². The molecule has 0 radical (unpaired) electrons. The minimum atomic E-state index is 0. The monoisotopic (exact) mass is 84.0 g/mol. The first-order valence-corrected chi connectivity index (χ1v) is 0.512. The van der Waals surface area contributed by atoms with Crippen molar-refractivity contribution in [2.45, 2.75) is 0 Å². The zero-order valence-electron chi connectivity index (χ0n) is 4.23. The van der Waals surface area contributed by atoms with Gasteiger partial charge in [-0.15, -0.1) is 0 Å². The molecule has 0 heterocycles. The summed E-state index contributed by atoms with van der Waals surface area (Å²) in [6.07, 6.45) is 5.40. The first kappa shape index (κ1) is 8.82. The molecule has 1 nitrogen and oxygen atoms in total. The molecule has 0 aromatic rings. The van der Waals surface area contributed by atoms with E-state index in [1.54, 1.807) is 0 Å². The van der Waals surface area contributed by atoms with Crippen molar-refractivity contribution in [3.8, 4) is 12.5 Å². The topological polar surface area (TPSA) is 20.2 Å². The number of aliphatic hydroxyl groups is 1. The van der Waals surface area contributed by atoms with E-state index in [2.05, 4.69) is 6.42 Å². The first-order valence-electron chi connectivity index (χ1n) is 0.512. The van der Waals surface area contributed by atoms with Crippen LogP contribution < -0.4 is 0 Å². The van der Waals surface area contributed by atoms with Crippen molar-refractivity contribution in [2.24, 2.45) is 0 Å². The van der Waals surface area contributed by atoms with E-state index in [1.807, 2.05) is 0 Å². The smallest absolute Gasteiger partial charge is 1.00 e. The van der Waals surface area contributed by atoms with E-state index in [0.717, 1.165) is 0 Å². The first-order chi connectivity index (χ1) is 1.41. The molecule has 4 heavy (non-hydrogen) atoms. The second kappa shape index (κ2) is 9.47. The summed E-state index contributed by atoms with van der Waals surface area (Å²) in [5.74, 6) is 0. The molecule has 1 N–H and O–H groups in total. The molecule has 0 aromatic carbocycles. The fraction of sp³-hybridized carbons (Fsp3) is 0. The van der Waals surface area contributed by atoms with E-state index in [0.29, 0.717) is 0 Å². The molecule has 0 aliphatic heterocycles. The molecule has 0 atom stereocenters. The zero-order chi connectivity index (χ0) is 2.71. The van der Waals surface area contributed by atoms with Crippen LogP contribution in [0.2, 0.25) is 0 Å². The maximum absolute atomic E-state index is 7.10. The van der Waals surface area contributed by atoms with Crippen LogP contribution in [0.4, 0.5) is 0 Å². The van der Waals surface area contributed by atoms with Gasteiger partial charge in [0.15, 0.2) is 0 Å². The van der Waals surface area contributed by atoms with E-state index in [4.69, 9.17) is 5.11 Å². The summed E-state index contributed by atoms with van der Waals surface area (Å²) in [7, 11) is 0. The van der Waals surface area contributed by atoms with E-state index in [-0.39, 0.29) is 40.6 Å². The Morgan fingerprint density at radius 1 is 2.00 bits per heavy atom. The largest absolute Gasteiger partial charge is 2.00 e. The van der Waals surface area contributed by atoms with E-state index >= 15 is 0 Å². The number of terminal acetylenes is 1. The van der Waals surface area contributed by atoms with Gasteiger partial charge in [-0.05, 0) is 0 Å². The Balaban J connectivity index is -0.00000000667. The van der Waals surface area contributed by atoms with Gasteiger partial charge in [-0.2, -0.15) is 0 Å². The Morgan fingerprint density at radius 2 is 2.00 bits per heavy atom. The average molecular weight is 84.1 g/mol. The van der Waals surface area contributed by atoms with Crippen molar-refractivity contribution in [3.63, 3.8) is 0 Å². The molecule has 0 spiro atoms. The predicted molar refractivity (Wildman–Crippen MR) is 18.7 cm³/mol. The van der Waals surface area contributed by atoms with Gasteiger partial charge in [0.05, 0.1) is 0 Å². The molecule has 0 aliphatic rings. The van der Waals surface area contributed by atoms with Crippen molar-refractivity contribution in [1.82, 2.24) is 0 Å². The number of hydrogen-bond acceptors (Lipinski definition) is 1. The third-order valence-electron chi connectivity index (χ3n) is 0. The van der Waals surface area contributed by atoms with Crippen molar-refractivity contribution >= 4 is 37.7 Å². The molecule has 0 unspecified atom stereocenters. The van der Waals surface area contributed by atoms with E-state index in [1.165, 1.54) is 6.11 Å². The van der Waals surface area contributed by atoms with Crippen LogP contribution in [0.3, 0.4) is 0 Å². The molecule has 0 aliphatic carbocycles. The van der Waals surface area contributed by atoms with Gasteiger partial charge in [-0.25, -0.2) is 0 Å². The Kier molecular flexibility index (Phi) is 20.9. The molecular weight excluding hydrogens is 80.1 g/mol. The van der Waals surface area contributed by atoms with Gasteiger partial charge in [0.25, 0.3) is 0 Å². The molecule has 20 valence electrons. The van der Waals surface area contributed by atoms with Crippen LogP contribution in [0.15, 0.2) is 0 Å². The molecule has 0 fully saturated rings. The van der Waals surface area contributed by atoms with Crippen LogP contribution in [-0.2, 0) is 0 Å². The molecular formula is C2H4CaO. The average Bonchev–Trinajstić information content (AvgIpc) is 0.918. The van der Waals surface area contributed by atoms with Crippen LogP contribution >= 0.6 is 0 Å². The Bertz CT molecular complexity index is 33.0. The standard InChI is InChI=1S/C2H2O.Ca.2H/c1-2-3;;;/h1,3H;;;/q;+2;2*-1. The minimum absolute atomic E-state index is 0. The maximum atomic E-state index is 7.10. The molecule has 0 saturated carbocycles. The summed E-state index contributed by atoms with van der Waals surface area (Å²) in [5, 5.41) is 7.10. The fourth-order valence-corrected chi connectivity index (χ4v) is 0. The van der Waals surface area contributed by atoms with Crippen molar-refractivity contribution in [2.75, 3.05) is 0 Å². The molecule has 0 bridgehead atoms. The van der Waals surface area contributed by atoms with Crippen LogP contribution in [0, 0.1) is 12.5 Å². The predicted octanol–water partition coefficient (Wildman–Crippen LogP) is -0.206. The quantitative estimate of drug-likeness (QED) is 0.318. The molecule has 0 aromatic heterocycles. The minimum Gasteiger partial charge on any atom is -1.00 e. The Labute approximate surface area is 58.0 Å². The summed E-state index contributed by atoms with van der Waals surface area (Å²) in [6, 6.07) is 0. The van der Waals surface area contributed by atoms with E-state index in [9.17, 15) is 0 Å². The zero-order valence-corrected chi connectivity index (χ0v) is 4.44. The van der Waals surface area contributed by atoms with Crippen LogP contribution in [0.1, 0.15) is 2.85 Å². The van der Waals surface area contributed by atoms with Crippen molar-refractivity contribution in [3.05, 3.63) is 0 Å². The van der Waals surface area contributed by atoms with Gasteiger partial charge in [0.2, 0.25) is 0 Å². The van der Waals surface area contributed by atoms with Gasteiger partial charge < -0.3 is 7.96 Å². The third kappa shape index (κ3) is 17.9. The molecule has 2 heteroatoms. The van der Waals surface area contributed by atoms with Gasteiger partial charge in [0, 0.05) is 0 Å². The second-order valence-electron chi connectivity index (χ2n) is 0.129. The summed E-state index contributed by atoms with van der Waals surface area (Å²) in [5.41, 5.74) is 0. The van der Waals surface area contributed by atoms with Gasteiger partial charge >= 0.3 is 37.7 Å². The van der Waals surface area contributed by atoms with Crippen molar-refractivity contribution in [1.29, 1.82) is 0 Å². The molecule has 0 rings (SSSR count). The summed E-state index contributed by atoms with van der Waals surface area (Å²) < 4.78 is 0. The summed E-state index contributed by atoms with van der Waals surface area (Å²) in [4.78, 5) is 0. The van der Waals surface area contributed by atoms with Crippen molar-refractivity contribution < 1.29 is 7.96 Å². The summed E-state index contributed by atoms with van der Waals surface area (Å²) in [6.45, 7) is 0. The van der Waals surface area contributed by atoms with Gasteiger partial charge in [-0.1, -0.05) is 6.42 Å². The summed E-state index contributed by atoms with van der Waals surface area (Å²) >= 11 is 0. The maximum Gasteiger partial charge on any atom is 2.00 e. The van der Waals surface area contributed by atoms with Crippen LogP contribution in [-0.4, -0.2) is 42.8 Å². The number of aliphatic hydroxyl groups excluding tert-OH is 1. The van der Waals surface area contributed by atoms with Gasteiger partial charge in [0.1, 0.15) is 6.11 Å². The molecule has 0 saturated heterocycles. The van der Waals surface area contributed by atoms with E-state index < -0.39 is 0 Å². The Morgan fingerprint density at radius 3 is 2.00 bits per heavy atom. The second-order valence-corrected chi connectivity index (χ2v) is 0.129. The SMILES string of the molecule is C#CO.[Ca+2].[H-].[H-]. The number of hydrogen-bond donors (Lipinski definition) is 1. The Hall–Kier alpha value is 0.620. The van der Waals surface area contributed by atoms with Crippen LogP contribution in [0.25, 0.3) is 0 Å². The fourth-order valence-electron chi connectivity index (χ4n) is 0.